The Balaban J connectivity index is 1.89. The van der Waals surface area contributed by atoms with Crippen LogP contribution in [-0.4, -0.2) is 20.9 Å². The fraction of sp³-hybridized carbons (Fsp3) is 0.333. The molecule has 0 radical (unpaired) electrons. The standard InChI is InChI=1S/C12H14N4O/c1-16-5-4-11(15-16)8-6-10(13)12(14-7-8)17-9-2-3-9/h4-7,9H,2-3,13H2,1H3. The summed E-state index contributed by atoms with van der Waals surface area (Å²) in [7, 11) is 1.88. The van der Waals surface area contributed by atoms with Crippen molar-refractivity contribution in [2.24, 2.45) is 7.05 Å². The highest BCUT2D eigenvalue weighted by Gasteiger charge is 2.25. The van der Waals surface area contributed by atoms with Gasteiger partial charge in [0.15, 0.2) is 0 Å². The number of hydrogen-bond acceptors (Lipinski definition) is 4. The molecular formula is C12H14N4O. The van der Waals surface area contributed by atoms with Gasteiger partial charge >= 0.3 is 0 Å². The van der Waals surface area contributed by atoms with Crippen molar-refractivity contribution in [1.82, 2.24) is 14.8 Å². The molecular weight excluding hydrogens is 216 g/mol. The largest absolute Gasteiger partial charge is 0.473 e. The fourth-order valence-electron chi connectivity index (χ4n) is 1.62. The molecule has 1 aliphatic rings. The van der Waals surface area contributed by atoms with Gasteiger partial charge in [0.1, 0.15) is 6.10 Å². The average Bonchev–Trinajstić information content (AvgIpc) is 3.02. The minimum atomic E-state index is 0.311. The molecule has 0 spiro atoms. The molecule has 0 saturated heterocycles. The van der Waals surface area contributed by atoms with E-state index in [0.29, 0.717) is 17.7 Å². The molecule has 17 heavy (non-hydrogen) atoms. The third kappa shape index (κ3) is 2.08. The maximum absolute atomic E-state index is 5.92. The third-order valence-electron chi connectivity index (χ3n) is 2.69. The average molecular weight is 230 g/mol. The first kappa shape index (κ1) is 10.1. The molecule has 2 aromatic heterocycles. The van der Waals surface area contributed by atoms with E-state index < -0.39 is 0 Å². The Morgan fingerprint density at radius 2 is 2.29 bits per heavy atom. The molecule has 0 atom stereocenters. The van der Waals surface area contributed by atoms with Crippen molar-refractivity contribution < 1.29 is 4.74 Å². The minimum absolute atomic E-state index is 0.311. The van der Waals surface area contributed by atoms with E-state index in [0.717, 1.165) is 24.1 Å². The number of nitrogen functional groups attached to an aromatic ring is 1. The highest BCUT2D eigenvalue weighted by atomic mass is 16.5. The van der Waals surface area contributed by atoms with E-state index in [-0.39, 0.29) is 0 Å². The van der Waals surface area contributed by atoms with E-state index in [9.17, 15) is 0 Å². The number of aromatic nitrogens is 3. The van der Waals surface area contributed by atoms with E-state index in [1.165, 1.54) is 0 Å². The molecule has 2 N–H and O–H groups in total. The van der Waals surface area contributed by atoms with Crippen molar-refractivity contribution in [3.05, 3.63) is 24.5 Å². The van der Waals surface area contributed by atoms with Crippen LogP contribution in [0.1, 0.15) is 12.8 Å². The van der Waals surface area contributed by atoms with Crippen molar-refractivity contribution >= 4 is 5.69 Å². The Kier molecular flexibility index (Phi) is 2.24. The van der Waals surface area contributed by atoms with Gasteiger partial charge in [0, 0.05) is 25.0 Å². The van der Waals surface area contributed by atoms with Crippen molar-refractivity contribution in [3.63, 3.8) is 0 Å². The van der Waals surface area contributed by atoms with Crippen LogP contribution < -0.4 is 10.5 Å². The Morgan fingerprint density at radius 3 is 2.88 bits per heavy atom. The second-order valence-corrected chi connectivity index (χ2v) is 4.31. The smallest absolute Gasteiger partial charge is 0.237 e. The van der Waals surface area contributed by atoms with E-state index in [1.54, 1.807) is 10.9 Å². The number of aryl methyl sites for hydroxylation is 1. The van der Waals surface area contributed by atoms with Crippen LogP contribution in [0.4, 0.5) is 5.69 Å². The van der Waals surface area contributed by atoms with Gasteiger partial charge in [-0.2, -0.15) is 5.10 Å². The normalized spacial score (nSPS) is 14.9. The summed E-state index contributed by atoms with van der Waals surface area (Å²) in [5.74, 6) is 0.534. The molecule has 0 unspecified atom stereocenters. The molecule has 88 valence electrons. The summed E-state index contributed by atoms with van der Waals surface area (Å²) >= 11 is 0. The van der Waals surface area contributed by atoms with Gasteiger partial charge in [0.05, 0.1) is 11.4 Å². The van der Waals surface area contributed by atoms with Gasteiger partial charge in [-0.05, 0) is 25.0 Å². The van der Waals surface area contributed by atoms with Crippen LogP contribution in [0.15, 0.2) is 24.5 Å². The van der Waals surface area contributed by atoms with Gasteiger partial charge in [-0.25, -0.2) is 4.98 Å². The topological polar surface area (TPSA) is 66.0 Å². The number of ether oxygens (including phenoxy) is 1. The van der Waals surface area contributed by atoms with Gasteiger partial charge in [-0.15, -0.1) is 0 Å². The lowest BCUT2D eigenvalue weighted by Gasteiger charge is -2.07. The zero-order valence-corrected chi connectivity index (χ0v) is 9.63. The second kappa shape index (κ2) is 3.76. The maximum atomic E-state index is 5.92. The summed E-state index contributed by atoms with van der Waals surface area (Å²) in [5.41, 5.74) is 8.26. The van der Waals surface area contributed by atoms with Crippen molar-refractivity contribution in [2.75, 3.05) is 5.73 Å². The van der Waals surface area contributed by atoms with E-state index in [1.807, 2.05) is 25.4 Å². The summed E-state index contributed by atoms with van der Waals surface area (Å²) in [6.07, 6.45) is 6.15. The number of nitrogens with zero attached hydrogens (tertiary/aromatic N) is 3. The second-order valence-electron chi connectivity index (χ2n) is 4.31. The lowest BCUT2D eigenvalue weighted by atomic mass is 10.2. The quantitative estimate of drug-likeness (QED) is 0.869. The Hall–Kier alpha value is -2.04. The Labute approximate surface area is 99.2 Å². The third-order valence-corrected chi connectivity index (χ3v) is 2.69. The summed E-state index contributed by atoms with van der Waals surface area (Å²) in [6.45, 7) is 0. The molecule has 0 aromatic carbocycles. The van der Waals surface area contributed by atoms with E-state index in [4.69, 9.17) is 10.5 Å². The summed E-state index contributed by atoms with van der Waals surface area (Å²) in [4.78, 5) is 4.25. The van der Waals surface area contributed by atoms with Gasteiger partial charge in [-0.3, -0.25) is 4.68 Å². The molecule has 5 heteroatoms. The zero-order chi connectivity index (χ0) is 11.8. The number of nitrogens with two attached hydrogens (primary N) is 1. The van der Waals surface area contributed by atoms with Crippen LogP contribution in [0, 0.1) is 0 Å². The number of rotatable bonds is 3. The van der Waals surface area contributed by atoms with Crippen molar-refractivity contribution in [2.45, 2.75) is 18.9 Å². The lowest BCUT2D eigenvalue weighted by molar-refractivity contribution is 0.293. The minimum Gasteiger partial charge on any atom is -0.473 e. The first-order valence-corrected chi connectivity index (χ1v) is 5.64. The molecule has 2 heterocycles. The molecule has 0 amide bonds. The van der Waals surface area contributed by atoms with Crippen LogP contribution in [-0.2, 0) is 7.05 Å². The molecule has 1 aliphatic carbocycles. The van der Waals surface area contributed by atoms with Crippen LogP contribution in [0.2, 0.25) is 0 Å². The first-order valence-electron chi connectivity index (χ1n) is 5.64. The molecule has 2 aromatic rings. The molecule has 1 fully saturated rings. The van der Waals surface area contributed by atoms with Gasteiger partial charge in [0.2, 0.25) is 5.88 Å². The monoisotopic (exact) mass is 230 g/mol. The molecule has 0 aliphatic heterocycles. The van der Waals surface area contributed by atoms with Crippen LogP contribution >= 0.6 is 0 Å². The van der Waals surface area contributed by atoms with Crippen LogP contribution in [0.5, 0.6) is 5.88 Å². The van der Waals surface area contributed by atoms with Crippen LogP contribution in [0.3, 0.4) is 0 Å². The van der Waals surface area contributed by atoms with Gasteiger partial charge < -0.3 is 10.5 Å². The highest BCUT2D eigenvalue weighted by Crippen LogP contribution is 2.30. The first-order chi connectivity index (χ1) is 8.22. The van der Waals surface area contributed by atoms with Crippen LogP contribution in [0.25, 0.3) is 11.3 Å². The number of hydrogen-bond donors (Lipinski definition) is 1. The van der Waals surface area contributed by atoms with Gasteiger partial charge in [0.25, 0.3) is 0 Å². The van der Waals surface area contributed by atoms with Crippen molar-refractivity contribution in [1.29, 1.82) is 0 Å². The molecule has 5 nitrogen and oxygen atoms in total. The SMILES string of the molecule is Cn1ccc(-c2cnc(OC3CC3)c(N)c2)n1. The molecule has 3 rings (SSSR count). The number of pyridine rings is 1. The Bertz CT molecular complexity index is 545. The van der Waals surface area contributed by atoms with E-state index in [2.05, 4.69) is 10.1 Å². The predicted octanol–water partition coefficient (Wildman–Crippen LogP) is 1.61. The molecule has 1 saturated carbocycles. The lowest BCUT2D eigenvalue weighted by Crippen LogP contribution is -2.02. The van der Waals surface area contributed by atoms with Crippen molar-refractivity contribution in [3.8, 4) is 17.1 Å². The fourth-order valence-corrected chi connectivity index (χ4v) is 1.62. The zero-order valence-electron chi connectivity index (χ0n) is 9.63. The summed E-state index contributed by atoms with van der Waals surface area (Å²) < 4.78 is 7.34. The predicted molar refractivity (Wildman–Crippen MR) is 64.5 cm³/mol. The summed E-state index contributed by atoms with van der Waals surface area (Å²) in [5, 5.41) is 4.31. The maximum Gasteiger partial charge on any atom is 0.237 e. The molecule has 0 bridgehead atoms. The number of anilines is 1. The Morgan fingerprint density at radius 1 is 1.47 bits per heavy atom. The van der Waals surface area contributed by atoms with E-state index >= 15 is 0 Å². The highest BCUT2D eigenvalue weighted by molar-refractivity contribution is 5.65. The summed E-state index contributed by atoms with van der Waals surface area (Å²) in [6, 6.07) is 3.78. The van der Waals surface area contributed by atoms with Gasteiger partial charge in [-0.1, -0.05) is 0 Å².